The third kappa shape index (κ3) is 3.16. The number of hydrogen-bond acceptors (Lipinski definition) is 4. The number of fused-ring (bicyclic) bond motifs is 1. The zero-order valence-electron chi connectivity index (χ0n) is 16.0. The molecule has 140 valence electrons. The first-order valence-electron chi connectivity index (χ1n) is 9.50. The van der Waals surface area contributed by atoms with Gasteiger partial charge in [-0.3, -0.25) is 14.3 Å². The van der Waals surface area contributed by atoms with Crippen LogP contribution in [0.15, 0.2) is 77.9 Å². The Hall–Kier alpha value is -3.47. The molecule has 0 fully saturated rings. The van der Waals surface area contributed by atoms with Crippen molar-refractivity contribution >= 4 is 16.6 Å². The van der Waals surface area contributed by atoms with Gasteiger partial charge in [-0.25, -0.2) is 4.98 Å². The number of anilines is 1. The van der Waals surface area contributed by atoms with Crippen LogP contribution in [0.5, 0.6) is 0 Å². The van der Waals surface area contributed by atoms with Gasteiger partial charge in [-0.15, -0.1) is 0 Å². The van der Waals surface area contributed by atoms with Crippen LogP contribution in [0.1, 0.15) is 13.8 Å². The first-order chi connectivity index (χ1) is 13.7. The smallest absolute Gasteiger partial charge is 0.266 e. The second-order valence-electron chi connectivity index (χ2n) is 6.52. The Morgan fingerprint density at radius 2 is 1.57 bits per heavy atom. The molecule has 0 atom stereocenters. The molecule has 0 aliphatic heterocycles. The minimum atomic E-state index is -0.0759. The van der Waals surface area contributed by atoms with Crippen molar-refractivity contribution in [3.63, 3.8) is 0 Å². The van der Waals surface area contributed by atoms with E-state index in [0.717, 1.165) is 30.0 Å². The molecule has 4 rings (SSSR count). The molecular weight excluding hydrogens is 348 g/mol. The van der Waals surface area contributed by atoms with Crippen LogP contribution in [0, 0.1) is 0 Å². The summed E-state index contributed by atoms with van der Waals surface area (Å²) in [5.74, 6) is 0.613. The predicted molar refractivity (Wildman–Crippen MR) is 114 cm³/mol. The summed E-state index contributed by atoms with van der Waals surface area (Å²) in [6, 6.07) is 19.3. The molecule has 28 heavy (non-hydrogen) atoms. The number of nitrogens with zero attached hydrogens (tertiary/aromatic N) is 4. The summed E-state index contributed by atoms with van der Waals surface area (Å²) in [6.07, 6.45) is 3.43. The zero-order valence-corrected chi connectivity index (χ0v) is 16.0. The number of hydrogen-bond donors (Lipinski definition) is 0. The zero-order chi connectivity index (χ0) is 19.5. The van der Waals surface area contributed by atoms with Gasteiger partial charge < -0.3 is 4.90 Å². The monoisotopic (exact) mass is 370 g/mol. The first-order valence-corrected chi connectivity index (χ1v) is 9.50. The quantitative estimate of drug-likeness (QED) is 0.526. The summed E-state index contributed by atoms with van der Waals surface area (Å²) in [6.45, 7) is 6.15. The average Bonchev–Trinajstić information content (AvgIpc) is 2.76. The number of rotatable bonds is 5. The fourth-order valence-corrected chi connectivity index (χ4v) is 3.47. The van der Waals surface area contributed by atoms with Crippen LogP contribution in [-0.2, 0) is 0 Å². The van der Waals surface area contributed by atoms with E-state index in [1.54, 1.807) is 17.0 Å². The van der Waals surface area contributed by atoms with E-state index in [2.05, 4.69) is 35.9 Å². The molecule has 4 aromatic rings. The molecule has 0 unspecified atom stereocenters. The van der Waals surface area contributed by atoms with E-state index in [1.807, 2.05) is 48.5 Å². The van der Waals surface area contributed by atoms with Crippen molar-refractivity contribution in [2.24, 2.45) is 0 Å². The molecule has 2 heterocycles. The van der Waals surface area contributed by atoms with Gasteiger partial charge in [0.05, 0.1) is 16.6 Å². The standard InChI is InChI=1S/C23H22N4O/c1-3-26(4-2)18-9-11-19(12-10-18)27-22(17-13-15-24-16-14-17)25-21-8-6-5-7-20(21)23(27)28/h5-16H,3-4H2,1-2H3. The Morgan fingerprint density at radius 1 is 0.893 bits per heavy atom. The minimum Gasteiger partial charge on any atom is -0.372 e. The highest BCUT2D eigenvalue weighted by atomic mass is 16.1. The Morgan fingerprint density at radius 3 is 2.25 bits per heavy atom. The van der Waals surface area contributed by atoms with Crippen LogP contribution < -0.4 is 10.5 Å². The molecular formula is C23H22N4O. The van der Waals surface area contributed by atoms with E-state index in [4.69, 9.17) is 4.98 Å². The molecule has 0 saturated carbocycles. The molecule has 0 aliphatic rings. The van der Waals surface area contributed by atoms with Gasteiger partial charge in [-0.1, -0.05) is 12.1 Å². The molecule has 0 aliphatic carbocycles. The molecule has 2 aromatic heterocycles. The Labute approximate surface area is 163 Å². The van der Waals surface area contributed by atoms with Gasteiger partial charge in [0.1, 0.15) is 5.82 Å². The lowest BCUT2D eigenvalue weighted by atomic mass is 10.2. The maximum absolute atomic E-state index is 13.4. The molecule has 0 spiro atoms. The minimum absolute atomic E-state index is 0.0759. The fourth-order valence-electron chi connectivity index (χ4n) is 3.47. The van der Waals surface area contributed by atoms with Gasteiger partial charge in [-0.2, -0.15) is 0 Å². The number of para-hydroxylation sites is 1. The summed E-state index contributed by atoms with van der Waals surface area (Å²) in [5, 5.41) is 0.605. The maximum atomic E-state index is 13.4. The molecule has 5 nitrogen and oxygen atoms in total. The topological polar surface area (TPSA) is 51.0 Å². The SMILES string of the molecule is CCN(CC)c1ccc(-n2c(-c3ccncc3)nc3ccccc3c2=O)cc1. The van der Waals surface area contributed by atoms with Gasteiger partial charge >= 0.3 is 0 Å². The van der Waals surface area contributed by atoms with Crippen LogP contribution in [0.2, 0.25) is 0 Å². The molecule has 5 heteroatoms. The lowest BCUT2D eigenvalue weighted by Gasteiger charge is -2.21. The van der Waals surface area contributed by atoms with Gasteiger partial charge in [0.25, 0.3) is 5.56 Å². The summed E-state index contributed by atoms with van der Waals surface area (Å²) in [4.78, 5) is 24.5. The van der Waals surface area contributed by atoms with E-state index in [0.29, 0.717) is 16.7 Å². The van der Waals surface area contributed by atoms with Gasteiger partial charge in [0, 0.05) is 36.7 Å². The van der Waals surface area contributed by atoms with Gasteiger partial charge in [0.15, 0.2) is 0 Å². The summed E-state index contributed by atoms with van der Waals surface area (Å²) < 4.78 is 1.68. The van der Waals surface area contributed by atoms with Gasteiger partial charge in [0.2, 0.25) is 0 Å². The third-order valence-corrected chi connectivity index (χ3v) is 4.95. The highest BCUT2D eigenvalue weighted by molar-refractivity contribution is 5.80. The molecule has 0 amide bonds. The van der Waals surface area contributed by atoms with Crippen molar-refractivity contribution in [2.75, 3.05) is 18.0 Å². The van der Waals surface area contributed by atoms with Crippen molar-refractivity contribution in [3.8, 4) is 17.1 Å². The van der Waals surface area contributed by atoms with Gasteiger partial charge in [-0.05, 0) is 62.4 Å². The highest BCUT2D eigenvalue weighted by Crippen LogP contribution is 2.23. The molecule has 2 aromatic carbocycles. The number of benzene rings is 2. The second-order valence-corrected chi connectivity index (χ2v) is 6.52. The summed E-state index contributed by atoms with van der Waals surface area (Å²) in [7, 11) is 0. The van der Waals surface area contributed by atoms with Crippen molar-refractivity contribution in [2.45, 2.75) is 13.8 Å². The maximum Gasteiger partial charge on any atom is 0.266 e. The Bertz CT molecular complexity index is 1150. The summed E-state index contributed by atoms with van der Waals surface area (Å²) in [5.41, 5.74) is 3.40. The van der Waals surface area contributed by atoms with E-state index >= 15 is 0 Å². The van der Waals surface area contributed by atoms with Crippen LogP contribution in [-0.4, -0.2) is 27.6 Å². The van der Waals surface area contributed by atoms with E-state index in [-0.39, 0.29) is 5.56 Å². The van der Waals surface area contributed by atoms with E-state index in [1.165, 1.54) is 0 Å². The van der Waals surface area contributed by atoms with Crippen LogP contribution in [0.3, 0.4) is 0 Å². The van der Waals surface area contributed by atoms with Crippen LogP contribution in [0.25, 0.3) is 28.0 Å². The van der Waals surface area contributed by atoms with Crippen molar-refractivity contribution in [3.05, 3.63) is 83.4 Å². The Balaban J connectivity index is 1.95. The average molecular weight is 370 g/mol. The Kier molecular flexibility index (Phi) is 4.89. The lowest BCUT2D eigenvalue weighted by Crippen LogP contribution is -2.23. The molecule has 0 radical (unpaired) electrons. The highest BCUT2D eigenvalue weighted by Gasteiger charge is 2.14. The van der Waals surface area contributed by atoms with Crippen LogP contribution in [0.4, 0.5) is 5.69 Å². The third-order valence-electron chi connectivity index (χ3n) is 4.95. The van der Waals surface area contributed by atoms with Crippen LogP contribution >= 0.6 is 0 Å². The van der Waals surface area contributed by atoms with Crippen molar-refractivity contribution in [1.82, 2.24) is 14.5 Å². The lowest BCUT2D eigenvalue weighted by molar-refractivity contribution is 0.865. The van der Waals surface area contributed by atoms with Crippen molar-refractivity contribution in [1.29, 1.82) is 0 Å². The summed E-state index contributed by atoms with van der Waals surface area (Å²) >= 11 is 0. The first kappa shape index (κ1) is 17.9. The van der Waals surface area contributed by atoms with E-state index in [9.17, 15) is 4.79 Å². The second kappa shape index (κ2) is 7.64. The number of pyridine rings is 1. The molecule has 0 N–H and O–H groups in total. The van der Waals surface area contributed by atoms with E-state index < -0.39 is 0 Å². The normalized spacial score (nSPS) is 10.9. The molecule has 0 bridgehead atoms. The fraction of sp³-hybridized carbons (Fsp3) is 0.174. The van der Waals surface area contributed by atoms with Crippen molar-refractivity contribution < 1.29 is 0 Å². The number of aromatic nitrogens is 3. The largest absolute Gasteiger partial charge is 0.372 e. The predicted octanol–water partition coefficient (Wildman–Crippen LogP) is 4.29. The molecule has 0 saturated heterocycles.